The number of pyridine rings is 1. The predicted molar refractivity (Wildman–Crippen MR) is 137 cm³/mol. The van der Waals surface area contributed by atoms with Crippen molar-refractivity contribution in [1.29, 1.82) is 0 Å². The van der Waals surface area contributed by atoms with Gasteiger partial charge in [0, 0.05) is 6.20 Å². The summed E-state index contributed by atoms with van der Waals surface area (Å²) in [6, 6.07) is 26.7. The van der Waals surface area contributed by atoms with Gasteiger partial charge >= 0.3 is 16.5 Å². The summed E-state index contributed by atoms with van der Waals surface area (Å²) in [7, 11) is 0. The monoisotopic (exact) mass is 504 g/mol. The molecule has 0 saturated heterocycles. The third kappa shape index (κ3) is 5.70. The first kappa shape index (κ1) is 25.9. The number of aromatic nitrogens is 1. The predicted octanol–water partition coefficient (Wildman–Crippen LogP) is 6.09. The maximum atomic E-state index is 11.8. The molecule has 0 N–H and O–H groups in total. The largest absolute Gasteiger partial charge is 2.00 e. The molecular weight excluding hydrogens is 479 g/mol. The van der Waals surface area contributed by atoms with E-state index in [9.17, 15) is 10.2 Å². The Bertz CT molecular complexity index is 1370. The molecule has 5 heteroatoms. The molecule has 0 aliphatic carbocycles. The van der Waals surface area contributed by atoms with Gasteiger partial charge in [-0.05, 0) is 57.6 Å². The van der Waals surface area contributed by atoms with Crippen LogP contribution in [0.15, 0.2) is 96.1 Å². The van der Waals surface area contributed by atoms with Crippen molar-refractivity contribution in [1.82, 2.24) is 4.98 Å². The number of aliphatic imine (C=N–C) groups is 1. The van der Waals surface area contributed by atoms with Crippen LogP contribution >= 0.6 is 0 Å². The van der Waals surface area contributed by atoms with E-state index in [0.717, 1.165) is 35.0 Å². The summed E-state index contributed by atoms with van der Waals surface area (Å²) in [5.74, 6) is -0.816. The number of benzene rings is 4. The molecule has 0 unspecified atom stereocenters. The molecule has 4 aromatic carbocycles. The second kappa shape index (κ2) is 12.1. The quantitative estimate of drug-likeness (QED) is 0.169. The molecule has 0 aliphatic rings. The fraction of sp³-hybridized carbons (Fsp3) is 0.133. The summed E-state index contributed by atoms with van der Waals surface area (Å²) in [5.41, 5.74) is 4.58. The van der Waals surface area contributed by atoms with E-state index in [1.807, 2.05) is 48.7 Å². The van der Waals surface area contributed by atoms with Gasteiger partial charge in [0.25, 0.3) is 0 Å². The molecule has 35 heavy (non-hydrogen) atoms. The van der Waals surface area contributed by atoms with E-state index in [-0.39, 0.29) is 16.5 Å². The molecule has 0 radical (unpaired) electrons. The molecule has 0 amide bonds. The van der Waals surface area contributed by atoms with Crippen molar-refractivity contribution < 1.29 is 26.7 Å². The van der Waals surface area contributed by atoms with Crippen LogP contribution in [0.3, 0.4) is 0 Å². The molecule has 0 saturated carbocycles. The second-order valence-corrected chi connectivity index (χ2v) is 7.89. The normalized spacial score (nSPS) is 10.7. The van der Waals surface area contributed by atoms with E-state index in [1.165, 1.54) is 11.1 Å². The fourth-order valence-electron chi connectivity index (χ4n) is 4.04. The summed E-state index contributed by atoms with van der Waals surface area (Å²) >= 11 is 0. The van der Waals surface area contributed by atoms with Crippen molar-refractivity contribution in [2.45, 2.75) is 26.7 Å². The van der Waals surface area contributed by atoms with Crippen LogP contribution in [0.1, 0.15) is 30.7 Å². The number of nitrogens with zero attached hydrogens (tertiary/aromatic N) is 2. The van der Waals surface area contributed by atoms with Gasteiger partial charge in [-0.3, -0.25) is 9.98 Å². The molecule has 5 rings (SSSR count). The third-order valence-corrected chi connectivity index (χ3v) is 5.82. The van der Waals surface area contributed by atoms with Crippen molar-refractivity contribution in [3.63, 3.8) is 0 Å². The Morgan fingerprint density at radius 2 is 1.14 bits per heavy atom. The van der Waals surface area contributed by atoms with Crippen LogP contribution < -0.4 is 10.2 Å². The van der Waals surface area contributed by atoms with Crippen LogP contribution in [0, 0.1) is 0 Å². The fourth-order valence-corrected chi connectivity index (χ4v) is 4.04. The number of hydrogen-bond acceptors (Lipinski definition) is 4. The molecule has 1 aromatic heterocycles. The zero-order chi connectivity index (χ0) is 23.9. The van der Waals surface area contributed by atoms with Gasteiger partial charge in [0.15, 0.2) is 0 Å². The first-order valence-corrected chi connectivity index (χ1v) is 11.5. The van der Waals surface area contributed by atoms with Crippen LogP contribution in [0.4, 0.5) is 5.69 Å². The minimum absolute atomic E-state index is 0. The Labute approximate surface area is 215 Å². The van der Waals surface area contributed by atoms with Crippen LogP contribution in [-0.4, -0.2) is 11.2 Å². The van der Waals surface area contributed by atoms with Gasteiger partial charge in [0.1, 0.15) is 0 Å². The summed E-state index contributed by atoms with van der Waals surface area (Å²) in [4.78, 5) is 8.89. The van der Waals surface area contributed by atoms with E-state index in [4.69, 9.17) is 0 Å². The zero-order valence-electron chi connectivity index (χ0n) is 19.7. The molecule has 0 fully saturated rings. The molecule has 1 heterocycles. The summed E-state index contributed by atoms with van der Waals surface area (Å²) < 4.78 is 0. The number of para-hydroxylation sites is 1. The van der Waals surface area contributed by atoms with Gasteiger partial charge in [-0.25, -0.2) is 0 Å². The average molecular weight is 505 g/mol. The molecule has 5 aromatic rings. The first-order chi connectivity index (χ1) is 16.6. The number of rotatable bonds is 4. The SMILES string of the molecule is CCc1cccc(CC)c1N=Cc1ccccn1.[Ni+2].[O-]c1c([O-])c2ccccc2c2ccccc12. The maximum Gasteiger partial charge on any atom is 2.00 e. The van der Waals surface area contributed by atoms with Gasteiger partial charge < -0.3 is 10.2 Å². The smallest absolute Gasteiger partial charge is 0.872 e. The Morgan fingerprint density at radius 3 is 1.60 bits per heavy atom. The van der Waals surface area contributed by atoms with E-state index in [1.54, 1.807) is 30.5 Å². The Kier molecular flexibility index (Phi) is 9.00. The summed E-state index contributed by atoms with van der Waals surface area (Å²) in [5, 5.41) is 26.4. The van der Waals surface area contributed by atoms with Crippen molar-refractivity contribution in [2.75, 3.05) is 0 Å². The second-order valence-electron chi connectivity index (χ2n) is 7.89. The first-order valence-electron chi connectivity index (χ1n) is 11.5. The van der Waals surface area contributed by atoms with Crippen molar-refractivity contribution in [3.05, 3.63) is 108 Å². The molecular formula is C30H26N2NiO2. The Morgan fingerprint density at radius 1 is 0.657 bits per heavy atom. The van der Waals surface area contributed by atoms with Crippen molar-refractivity contribution >= 4 is 33.4 Å². The van der Waals surface area contributed by atoms with Crippen LogP contribution in [-0.2, 0) is 29.3 Å². The Balaban J connectivity index is 0.000000191. The molecule has 0 atom stereocenters. The maximum absolute atomic E-state index is 11.8. The van der Waals surface area contributed by atoms with Gasteiger partial charge in [-0.15, -0.1) is 11.5 Å². The van der Waals surface area contributed by atoms with Gasteiger partial charge in [0.2, 0.25) is 0 Å². The van der Waals surface area contributed by atoms with E-state index in [2.05, 4.69) is 42.0 Å². The molecule has 4 nitrogen and oxygen atoms in total. The van der Waals surface area contributed by atoms with Crippen molar-refractivity contribution in [3.8, 4) is 11.5 Å². The van der Waals surface area contributed by atoms with E-state index >= 15 is 0 Å². The van der Waals surface area contributed by atoms with Crippen LogP contribution in [0.5, 0.6) is 11.5 Å². The molecule has 0 bridgehead atoms. The van der Waals surface area contributed by atoms with Crippen LogP contribution in [0.25, 0.3) is 21.5 Å². The molecule has 0 spiro atoms. The topological polar surface area (TPSA) is 71.4 Å². The Hall–Kier alpha value is -3.69. The number of hydrogen-bond donors (Lipinski definition) is 0. The van der Waals surface area contributed by atoms with Gasteiger partial charge in [-0.1, -0.05) is 86.6 Å². The minimum Gasteiger partial charge on any atom is -0.872 e. The standard InChI is InChI=1S/C16H18N2.C14H10O2.Ni/c1-3-13-8-7-9-14(4-2)16(13)18-12-15-10-5-6-11-17-15;15-13-11-7-3-1-5-9(11)10-6-2-4-8-12(10)14(13)16;/h5-12H,3-4H2,1-2H3;1-8,15-16H;/q;;+2/p-2. The molecule has 0 aliphatic heterocycles. The number of fused-ring (bicyclic) bond motifs is 3. The third-order valence-electron chi connectivity index (χ3n) is 5.82. The summed E-state index contributed by atoms with van der Waals surface area (Å²) in [6.45, 7) is 4.32. The minimum atomic E-state index is -0.408. The van der Waals surface area contributed by atoms with Crippen molar-refractivity contribution in [2.24, 2.45) is 4.99 Å². The van der Waals surface area contributed by atoms with E-state index in [0.29, 0.717) is 10.8 Å². The van der Waals surface area contributed by atoms with Gasteiger partial charge in [-0.2, -0.15) is 0 Å². The van der Waals surface area contributed by atoms with Gasteiger partial charge in [0.05, 0.1) is 17.6 Å². The van der Waals surface area contributed by atoms with Crippen LogP contribution in [0.2, 0.25) is 0 Å². The average Bonchev–Trinajstić information content (AvgIpc) is 2.91. The zero-order valence-corrected chi connectivity index (χ0v) is 20.7. The molecule has 178 valence electrons. The number of aryl methyl sites for hydroxylation is 2. The van der Waals surface area contributed by atoms with E-state index < -0.39 is 11.5 Å². The summed E-state index contributed by atoms with van der Waals surface area (Å²) in [6.07, 6.45) is 5.63.